The molecule has 0 aromatic carbocycles. The molecule has 0 spiro atoms. The third-order valence-corrected chi connectivity index (χ3v) is 1.45. The normalized spacial score (nSPS) is 18.0. The molecule has 0 N–H and O–H groups in total. The predicted octanol–water partition coefficient (Wildman–Crippen LogP) is 1.08. The molecule has 0 unspecified atom stereocenters. The zero-order valence-electron chi connectivity index (χ0n) is 3.87. The van der Waals surface area contributed by atoms with Gasteiger partial charge in [0.2, 0.25) is 0 Å². The topological polar surface area (TPSA) is 15.6 Å². The Labute approximate surface area is 46.9 Å². The molecule has 0 aliphatic carbocycles. The van der Waals surface area contributed by atoms with Crippen LogP contribution in [-0.4, -0.2) is 17.6 Å². The molecule has 0 saturated carbocycles. The van der Waals surface area contributed by atoms with Crippen molar-refractivity contribution in [3.8, 4) is 0 Å². The van der Waals surface area contributed by atoms with Crippen LogP contribution in [0.25, 0.3) is 0 Å². The van der Waals surface area contributed by atoms with E-state index in [4.69, 9.17) is 0 Å². The van der Waals surface area contributed by atoms with E-state index in [9.17, 15) is 0 Å². The first-order valence-corrected chi connectivity index (χ1v) is 3.00. The highest BCUT2D eigenvalue weighted by Gasteiger charge is 1.97. The van der Waals surface area contributed by atoms with Crippen molar-refractivity contribution in [3.05, 3.63) is 11.6 Å². The molecular formula is C4H6N2S. The summed E-state index contributed by atoms with van der Waals surface area (Å²) in [5.74, 6) is 0.920. The Morgan fingerprint density at radius 1 is 1.86 bits per heavy atom. The van der Waals surface area contributed by atoms with E-state index in [-0.39, 0.29) is 0 Å². The summed E-state index contributed by atoms with van der Waals surface area (Å²) in [6.07, 6.45) is 1.90. The predicted molar refractivity (Wildman–Crippen MR) is 33.0 cm³/mol. The van der Waals surface area contributed by atoms with Crippen molar-refractivity contribution in [1.82, 2.24) is 5.01 Å². The van der Waals surface area contributed by atoms with Crippen LogP contribution in [0.5, 0.6) is 0 Å². The maximum atomic E-state index is 3.66. The lowest BCUT2D eigenvalue weighted by Crippen LogP contribution is -2.01. The van der Waals surface area contributed by atoms with E-state index >= 15 is 0 Å². The molecule has 0 aromatic heterocycles. The van der Waals surface area contributed by atoms with Crippen molar-refractivity contribution in [1.29, 1.82) is 0 Å². The summed E-state index contributed by atoms with van der Waals surface area (Å²) in [7, 11) is 0. The summed E-state index contributed by atoms with van der Waals surface area (Å²) in [5.41, 5.74) is 0. The van der Waals surface area contributed by atoms with Gasteiger partial charge in [-0.25, -0.2) is 0 Å². The summed E-state index contributed by atoms with van der Waals surface area (Å²) in [6.45, 7) is 3.35. The van der Waals surface area contributed by atoms with Crippen LogP contribution in [0.15, 0.2) is 16.7 Å². The highest BCUT2D eigenvalue weighted by molar-refractivity contribution is 8.02. The maximum absolute atomic E-state index is 3.66. The van der Waals surface area contributed by atoms with E-state index in [2.05, 4.69) is 11.8 Å². The summed E-state index contributed by atoms with van der Waals surface area (Å²) in [6, 6.07) is 0. The molecule has 0 radical (unpaired) electrons. The van der Waals surface area contributed by atoms with Crippen molar-refractivity contribution >= 4 is 18.5 Å². The van der Waals surface area contributed by atoms with Gasteiger partial charge < -0.3 is 0 Å². The number of hydrazone groups is 1. The fourth-order valence-electron chi connectivity index (χ4n) is 0.364. The quantitative estimate of drug-likeness (QED) is 0.474. The zero-order valence-corrected chi connectivity index (χ0v) is 4.69. The fourth-order valence-corrected chi connectivity index (χ4v) is 0.997. The Bertz CT molecular complexity index is 99.9. The Morgan fingerprint density at radius 2 is 2.71 bits per heavy atom. The third kappa shape index (κ3) is 0.962. The standard InChI is InChI=1S/C4H6N2S/c1-5-6-2-3-7-4-6/h2-3H,1,4H2. The van der Waals surface area contributed by atoms with Crippen LogP contribution in [0.4, 0.5) is 0 Å². The van der Waals surface area contributed by atoms with Crippen LogP contribution in [0.3, 0.4) is 0 Å². The highest BCUT2D eigenvalue weighted by atomic mass is 32.2. The molecule has 38 valence electrons. The maximum Gasteiger partial charge on any atom is 0.0903 e. The van der Waals surface area contributed by atoms with Crippen molar-refractivity contribution in [2.45, 2.75) is 0 Å². The molecule has 7 heavy (non-hydrogen) atoms. The minimum Gasteiger partial charge on any atom is -0.263 e. The van der Waals surface area contributed by atoms with E-state index in [1.165, 1.54) is 0 Å². The molecule has 0 atom stereocenters. The molecule has 0 amide bonds. The molecule has 0 saturated heterocycles. The number of hydrogen-bond donors (Lipinski definition) is 0. The summed E-state index contributed by atoms with van der Waals surface area (Å²) < 4.78 is 0. The lowest BCUT2D eigenvalue weighted by Gasteiger charge is -2.02. The molecule has 3 heteroatoms. The molecule has 2 nitrogen and oxygen atoms in total. The largest absolute Gasteiger partial charge is 0.263 e. The van der Waals surface area contributed by atoms with Gasteiger partial charge in [0.05, 0.1) is 5.88 Å². The first-order valence-electron chi connectivity index (χ1n) is 1.95. The Balaban J connectivity index is 2.42. The second-order valence-electron chi connectivity index (χ2n) is 1.16. The monoisotopic (exact) mass is 114 g/mol. The van der Waals surface area contributed by atoms with Crippen LogP contribution < -0.4 is 0 Å². The molecule has 1 rings (SSSR count). The lowest BCUT2D eigenvalue weighted by molar-refractivity contribution is 0.484. The van der Waals surface area contributed by atoms with E-state index in [0.717, 1.165) is 5.88 Å². The van der Waals surface area contributed by atoms with E-state index in [1.807, 2.05) is 11.6 Å². The Morgan fingerprint density at radius 3 is 3.00 bits per heavy atom. The minimum atomic E-state index is 0.920. The second kappa shape index (κ2) is 2.02. The summed E-state index contributed by atoms with van der Waals surface area (Å²) in [4.78, 5) is 0. The van der Waals surface area contributed by atoms with E-state index in [1.54, 1.807) is 16.8 Å². The highest BCUT2D eigenvalue weighted by Crippen LogP contribution is 2.13. The molecule has 0 fully saturated rings. The van der Waals surface area contributed by atoms with Gasteiger partial charge in [-0.3, -0.25) is 5.01 Å². The van der Waals surface area contributed by atoms with Crippen LogP contribution in [0.2, 0.25) is 0 Å². The number of rotatable bonds is 1. The second-order valence-corrected chi connectivity index (χ2v) is 2.03. The average molecular weight is 114 g/mol. The fraction of sp³-hybridized carbons (Fsp3) is 0.250. The van der Waals surface area contributed by atoms with Gasteiger partial charge in [-0.2, -0.15) is 5.10 Å². The smallest absolute Gasteiger partial charge is 0.0903 e. The number of hydrogen-bond acceptors (Lipinski definition) is 3. The SMILES string of the molecule is C=NN1C=CSC1. The summed E-state index contributed by atoms with van der Waals surface area (Å²) >= 11 is 1.72. The molecular weight excluding hydrogens is 108 g/mol. The van der Waals surface area contributed by atoms with Gasteiger partial charge >= 0.3 is 0 Å². The van der Waals surface area contributed by atoms with Crippen molar-refractivity contribution in [2.24, 2.45) is 5.10 Å². The van der Waals surface area contributed by atoms with Crippen molar-refractivity contribution < 1.29 is 0 Å². The number of thioether (sulfide) groups is 1. The summed E-state index contributed by atoms with van der Waals surface area (Å²) in [5, 5.41) is 7.44. The van der Waals surface area contributed by atoms with E-state index in [0.29, 0.717) is 0 Å². The van der Waals surface area contributed by atoms with Gasteiger partial charge in [-0.05, 0) is 5.41 Å². The minimum absolute atomic E-state index is 0.920. The third-order valence-electron chi connectivity index (χ3n) is 0.718. The van der Waals surface area contributed by atoms with Crippen molar-refractivity contribution in [3.63, 3.8) is 0 Å². The van der Waals surface area contributed by atoms with Gasteiger partial charge in [0, 0.05) is 12.9 Å². The first-order chi connectivity index (χ1) is 3.43. The Kier molecular flexibility index (Phi) is 1.36. The molecule has 1 aliphatic rings. The molecule has 0 aromatic rings. The van der Waals surface area contributed by atoms with E-state index < -0.39 is 0 Å². The van der Waals surface area contributed by atoms with Gasteiger partial charge in [0.15, 0.2) is 0 Å². The van der Waals surface area contributed by atoms with Gasteiger partial charge in [0.25, 0.3) is 0 Å². The number of nitrogens with zero attached hydrogens (tertiary/aromatic N) is 2. The average Bonchev–Trinajstić information content (AvgIpc) is 2.14. The van der Waals surface area contributed by atoms with Crippen LogP contribution in [-0.2, 0) is 0 Å². The van der Waals surface area contributed by atoms with Crippen LogP contribution in [0, 0.1) is 0 Å². The van der Waals surface area contributed by atoms with Crippen LogP contribution >= 0.6 is 11.8 Å². The van der Waals surface area contributed by atoms with Gasteiger partial charge in [0.1, 0.15) is 0 Å². The Hall–Kier alpha value is -0.440. The zero-order chi connectivity index (χ0) is 5.11. The van der Waals surface area contributed by atoms with Gasteiger partial charge in [-0.1, -0.05) is 0 Å². The molecule has 1 heterocycles. The van der Waals surface area contributed by atoms with Crippen molar-refractivity contribution in [2.75, 3.05) is 5.88 Å². The molecule has 1 aliphatic heterocycles. The molecule has 0 bridgehead atoms. The first kappa shape index (κ1) is 4.71. The lowest BCUT2D eigenvalue weighted by atomic mass is 11.0. The van der Waals surface area contributed by atoms with Gasteiger partial charge in [-0.15, -0.1) is 11.8 Å². The van der Waals surface area contributed by atoms with Crippen LogP contribution in [0.1, 0.15) is 0 Å².